The molecule has 1 unspecified atom stereocenters. The molecule has 0 radical (unpaired) electrons. The molecule has 1 heterocycles. The van der Waals surface area contributed by atoms with E-state index in [-0.39, 0.29) is 0 Å². The Morgan fingerprint density at radius 3 is 3.10 bits per heavy atom. The Morgan fingerprint density at radius 2 is 2.33 bits per heavy atom. The normalized spacial score (nSPS) is 17.0. The number of aromatic nitrogens is 2. The Kier molecular flexibility index (Phi) is 4.25. The minimum Gasteiger partial charge on any atom is -0.489 e. The lowest BCUT2D eigenvalue weighted by Crippen LogP contribution is -2.19. The molecule has 1 aromatic heterocycles. The van der Waals surface area contributed by atoms with E-state index in [0.717, 1.165) is 24.3 Å². The van der Waals surface area contributed by atoms with E-state index in [2.05, 4.69) is 35.5 Å². The van der Waals surface area contributed by atoms with Crippen molar-refractivity contribution in [3.05, 3.63) is 47.3 Å². The van der Waals surface area contributed by atoms with E-state index in [4.69, 9.17) is 4.74 Å². The second-order valence-corrected chi connectivity index (χ2v) is 5.72. The molecule has 1 aliphatic carbocycles. The van der Waals surface area contributed by atoms with Crippen LogP contribution in [0.15, 0.2) is 30.6 Å². The molecule has 0 saturated heterocycles. The number of nitrogens with zero attached hydrogens (tertiary/aromatic N) is 2. The van der Waals surface area contributed by atoms with E-state index >= 15 is 0 Å². The van der Waals surface area contributed by atoms with Crippen LogP contribution in [0.25, 0.3) is 0 Å². The zero-order chi connectivity index (χ0) is 14.7. The maximum absolute atomic E-state index is 5.87. The first-order chi connectivity index (χ1) is 10.3. The number of ether oxygens (including phenoxy) is 1. The molecule has 4 nitrogen and oxygen atoms in total. The molecule has 1 aliphatic rings. The molecule has 2 aromatic rings. The summed E-state index contributed by atoms with van der Waals surface area (Å²) in [6.07, 6.45) is 7.34. The van der Waals surface area contributed by atoms with Gasteiger partial charge >= 0.3 is 0 Å². The van der Waals surface area contributed by atoms with Gasteiger partial charge in [0.2, 0.25) is 0 Å². The van der Waals surface area contributed by atoms with E-state index in [1.54, 1.807) is 4.68 Å². The van der Waals surface area contributed by atoms with Gasteiger partial charge in [-0.3, -0.25) is 4.68 Å². The van der Waals surface area contributed by atoms with Crippen LogP contribution in [-0.2, 0) is 20.1 Å². The SMILES string of the molecule is CCCNC1CCc2cc(OCc3cnn(C)c3)ccc21. The minimum atomic E-state index is 0.521. The number of benzene rings is 1. The quantitative estimate of drug-likeness (QED) is 0.887. The molecule has 4 heteroatoms. The predicted octanol–water partition coefficient (Wildman–Crippen LogP) is 2.99. The fourth-order valence-electron chi connectivity index (χ4n) is 2.93. The Morgan fingerprint density at radius 1 is 1.43 bits per heavy atom. The van der Waals surface area contributed by atoms with Gasteiger partial charge in [-0.15, -0.1) is 0 Å². The van der Waals surface area contributed by atoms with Crippen molar-refractivity contribution in [2.75, 3.05) is 6.54 Å². The summed E-state index contributed by atoms with van der Waals surface area (Å²) in [7, 11) is 1.92. The molecule has 0 amide bonds. The summed E-state index contributed by atoms with van der Waals surface area (Å²) in [6.45, 7) is 3.87. The molecule has 3 rings (SSSR count). The lowest BCUT2D eigenvalue weighted by molar-refractivity contribution is 0.306. The summed E-state index contributed by atoms with van der Waals surface area (Å²) in [5.74, 6) is 0.953. The fourth-order valence-corrected chi connectivity index (χ4v) is 2.93. The first-order valence-electron chi connectivity index (χ1n) is 7.73. The molecular weight excluding hydrogens is 262 g/mol. The smallest absolute Gasteiger partial charge is 0.120 e. The second-order valence-electron chi connectivity index (χ2n) is 5.72. The molecule has 0 aliphatic heterocycles. The Labute approximate surface area is 126 Å². The van der Waals surface area contributed by atoms with E-state index in [9.17, 15) is 0 Å². The van der Waals surface area contributed by atoms with Crippen LogP contribution in [0, 0.1) is 0 Å². The van der Waals surface area contributed by atoms with Gasteiger partial charge < -0.3 is 10.1 Å². The van der Waals surface area contributed by atoms with Gasteiger partial charge in [-0.2, -0.15) is 5.10 Å². The third-order valence-electron chi connectivity index (χ3n) is 4.00. The van der Waals surface area contributed by atoms with Crippen LogP contribution in [0.3, 0.4) is 0 Å². The molecule has 0 bridgehead atoms. The monoisotopic (exact) mass is 285 g/mol. The van der Waals surface area contributed by atoms with Crippen molar-refractivity contribution in [3.8, 4) is 5.75 Å². The van der Waals surface area contributed by atoms with Crippen LogP contribution in [0.1, 0.15) is 42.5 Å². The first kappa shape index (κ1) is 14.1. The molecule has 0 fully saturated rings. The summed E-state index contributed by atoms with van der Waals surface area (Å²) in [4.78, 5) is 0. The van der Waals surface area contributed by atoms with Crippen LogP contribution in [0.5, 0.6) is 5.75 Å². The summed E-state index contributed by atoms with van der Waals surface area (Å²) in [5, 5.41) is 7.77. The number of hydrogen-bond donors (Lipinski definition) is 1. The first-order valence-corrected chi connectivity index (χ1v) is 7.73. The molecule has 1 atom stereocenters. The highest BCUT2D eigenvalue weighted by atomic mass is 16.5. The predicted molar refractivity (Wildman–Crippen MR) is 83.3 cm³/mol. The summed E-state index contributed by atoms with van der Waals surface area (Å²) in [6, 6.07) is 7.02. The molecule has 0 spiro atoms. The van der Waals surface area contributed by atoms with Crippen molar-refractivity contribution in [3.63, 3.8) is 0 Å². The third-order valence-corrected chi connectivity index (χ3v) is 4.00. The van der Waals surface area contributed by atoms with Crippen LogP contribution >= 0.6 is 0 Å². The number of fused-ring (bicyclic) bond motifs is 1. The maximum Gasteiger partial charge on any atom is 0.120 e. The van der Waals surface area contributed by atoms with Crippen LogP contribution < -0.4 is 10.1 Å². The lowest BCUT2D eigenvalue weighted by Gasteiger charge is -2.14. The standard InChI is InChI=1S/C17H23N3O/c1-3-8-18-17-7-4-14-9-15(5-6-16(14)17)21-12-13-10-19-20(2)11-13/h5-6,9-11,17-18H,3-4,7-8,12H2,1-2H3. The van der Waals surface area contributed by atoms with Gasteiger partial charge in [0.25, 0.3) is 0 Å². The van der Waals surface area contributed by atoms with Gasteiger partial charge in [0, 0.05) is 24.8 Å². The fraction of sp³-hybridized carbons (Fsp3) is 0.471. The maximum atomic E-state index is 5.87. The number of nitrogens with one attached hydrogen (secondary N) is 1. The molecular formula is C17H23N3O. The van der Waals surface area contributed by atoms with E-state index in [1.165, 1.54) is 24.0 Å². The van der Waals surface area contributed by atoms with Gasteiger partial charge in [0.15, 0.2) is 0 Å². The highest BCUT2D eigenvalue weighted by Crippen LogP contribution is 2.33. The van der Waals surface area contributed by atoms with Crippen LogP contribution in [0.4, 0.5) is 0 Å². The average molecular weight is 285 g/mol. The topological polar surface area (TPSA) is 39.1 Å². The Balaban J connectivity index is 1.64. The van der Waals surface area contributed by atoms with Crippen molar-refractivity contribution in [2.24, 2.45) is 7.05 Å². The van der Waals surface area contributed by atoms with Gasteiger partial charge in [-0.05, 0) is 49.1 Å². The van der Waals surface area contributed by atoms with E-state index in [1.807, 2.05) is 19.4 Å². The van der Waals surface area contributed by atoms with Crippen molar-refractivity contribution >= 4 is 0 Å². The van der Waals surface area contributed by atoms with Crippen molar-refractivity contribution in [1.29, 1.82) is 0 Å². The highest BCUT2D eigenvalue weighted by Gasteiger charge is 2.21. The highest BCUT2D eigenvalue weighted by molar-refractivity contribution is 5.40. The average Bonchev–Trinajstić information content (AvgIpc) is 3.09. The minimum absolute atomic E-state index is 0.521. The lowest BCUT2D eigenvalue weighted by atomic mass is 10.1. The third kappa shape index (κ3) is 3.27. The number of hydrogen-bond acceptors (Lipinski definition) is 3. The zero-order valence-corrected chi connectivity index (χ0v) is 12.8. The Bertz CT molecular complexity index is 606. The van der Waals surface area contributed by atoms with E-state index in [0.29, 0.717) is 12.6 Å². The Hall–Kier alpha value is -1.81. The van der Waals surface area contributed by atoms with E-state index < -0.39 is 0 Å². The molecule has 21 heavy (non-hydrogen) atoms. The molecule has 1 aromatic carbocycles. The zero-order valence-electron chi connectivity index (χ0n) is 12.8. The largest absolute Gasteiger partial charge is 0.489 e. The summed E-state index contributed by atoms with van der Waals surface area (Å²) >= 11 is 0. The van der Waals surface area contributed by atoms with Gasteiger partial charge in [-0.1, -0.05) is 13.0 Å². The van der Waals surface area contributed by atoms with Crippen molar-refractivity contribution in [2.45, 2.75) is 38.8 Å². The van der Waals surface area contributed by atoms with Gasteiger partial charge in [0.05, 0.1) is 6.20 Å². The summed E-state index contributed by atoms with van der Waals surface area (Å²) in [5.41, 5.74) is 3.96. The second kappa shape index (κ2) is 6.31. The molecule has 0 saturated carbocycles. The molecule has 1 N–H and O–H groups in total. The van der Waals surface area contributed by atoms with Crippen LogP contribution in [-0.4, -0.2) is 16.3 Å². The van der Waals surface area contributed by atoms with Crippen LogP contribution in [0.2, 0.25) is 0 Å². The van der Waals surface area contributed by atoms with Gasteiger partial charge in [0.1, 0.15) is 12.4 Å². The number of rotatable bonds is 6. The number of aryl methyl sites for hydroxylation is 2. The van der Waals surface area contributed by atoms with Crippen molar-refractivity contribution in [1.82, 2.24) is 15.1 Å². The molecule has 112 valence electrons. The van der Waals surface area contributed by atoms with Gasteiger partial charge in [-0.25, -0.2) is 0 Å². The van der Waals surface area contributed by atoms with Crippen molar-refractivity contribution < 1.29 is 4.74 Å². The summed E-state index contributed by atoms with van der Waals surface area (Å²) < 4.78 is 7.67.